The van der Waals surface area contributed by atoms with Crippen molar-refractivity contribution in [2.24, 2.45) is 5.92 Å². The molecule has 1 aromatic carbocycles. The first-order valence-electron chi connectivity index (χ1n) is 10.6. The number of methoxy groups -OCH3 is 1. The Morgan fingerprint density at radius 2 is 2.03 bits per heavy atom. The van der Waals surface area contributed by atoms with E-state index in [1.54, 1.807) is 7.11 Å². The maximum atomic E-state index is 13.0. The van der Waals surface area contributed by atoms with Crippen molar-refractivity contribution in [3.8, 4) is 5.75 Å². The summed E-state index contributed by atoms with van der Waals surface area (Å²) in [5, 5.41) is 10.0. The standard InChI is InChI=1S/C21H31N3O3.CH2O2/c1-3-24-19(25)10-9-18(20(24)16-7-6-8-17(15-16)27-2)21(26)22-11-14-23-12-4-5-13-23;2-1-3/h6-8,15,18,20H,3-5,9-14H2,1-2H3,(H,22,26);1H,(H,2,3)/t18-,20+;/m1./s1. The van der Waals surface area contributed by atoms with Crippen LogP contribution in [0, 0.1) is 5.92 Å². The summed E-state index contributed by atoms with van der Waals surface area (Å²) in [6.45, 7) is 6.14. The average molecular weight is 420 g/mol. The second-order valence-electron chi connectivity index (χ2n) is 7.49. The second kappa shape index (κ2) is 12.2. The molecular formula is C22H33N3O5. The summed E-state index contributed by atoms with van der Waals surface area (Å²) >= 11 is 0. The molecule has 2 fully saturated rings. The summed E-state index contributed by atoms with van der Waals surface area (Å²) in [6.07, 6.45) is 3.52. The normalized spacial score (nSPS) is 21.5. The molecule has 0 spiro atoms. The molecule has 2 atom stereocenters. The molecular weight excluding hydrogens is 386 g/mol. The monoisotopic (exact) mass is 419 g/mol. The van der Waals surface area contributed by atoms with Crippen molar-refractivity contribution in [3.63, 3.8) is 0 Å². The summed E-state index contributed by atoms with van der Waals surface area (Å²) in [4.78, 5) is 38.0. The summed E-state index contributed by atoms with van der Waals surface area (Å²) < 4.78 is 5.35. The number of amides is 2. The molecule has 8 heteroatoms. The molecule has 2 saturated heterocycles. The third-order valence-electron chi connectivity index (χ3n) is 5.75. The number of carbonyl (C=O) groups is 3. The van der Waals surface area contributed by atoms with Crippen LogP contribution in [0.5, 0.6) is 5.75 Å². The Kier molecular flexibility index (Phi) is 9.60. The molecule has 2 aliphatic heterocycles. The van der Waals surface area contributed by atoms with Gasteiger partial charge in [0, 0.05) is 26.1 Å². The number of hydrogen-bond acceptors (Lipinski definition) is 5. The molecule has 3 rings (SSSR count). The third kappa shape index (κ3) is 6.19. The van der Waals surface area contributed by atoms with Crippen molar-refractivity contribution in [3.05, 3.63) is 29.8 Å². The van der Waals surface area contributed by atoms with E-state index in [1.807, 2.05) is 36.1 Å². The fraction of sp³-hybridized carbons (Fsp3) is 0.591. The zero-order valence-electron chi connectivity index (χ0n) is 17.9. The zero-order valence-corrected chi connectivity index (χ0v) is 17.9. The van der Waals surface area contributed by atoms with Gasteiger partial charge in [0.25, 0.3) is 6.47 Å². The lowest BCUT2D eigenvalue weighted by molar-refractivity contribution is -0.143. The molecule has 2 amide bonds. The van der Waals surface area contributed by atoms with Gasteiger partial charge in [0.15, 0.2) is 0 Å². The van der Waals surface area contributed by atoms with E-state index < -0.39 is 0 Å². The summed E-state index contributed by atoms with van der Waals surface area (Å²) in [5.41, 5.74) is 0.962. The molecule has 0 radical (unpaired) electrons. The summed E-state index contributed by atoms with van der Waals surface area (Å²) in [5.74, 6) is 0.683. The largest absolute Gasteiger partial charge is 0.497 e. The Morgan fingerprint density at radius 3 is 2.67 bits per heavy atom. The van der Waals surface area contributed by atoms with Gasteiger partial charge in [-0.25, -0.2) is 0 Å². The average Bonchev–Trinajstić information content (AvgIpc) is 3.27. The van der Waals surface area contributed by atoms with Crippen LogP contribution in [0.25, 0.3) is 0 Å². The molecule has 0 bridgehead atoms. The van der Waals surface area contributed by atoms with Crippen LogP contribution < -0.4 is 10.1 Å². The van der Waals surface area contributed by atoms with Gasteiger partial charge < -0.3 is 25.0 Å². The number of piperidine rings is 1. The van der Waals surface area contributed by atoms with E-state index >= 15 is 0 Å². The molecule has 30 heavy (non-hydrogen) atoms. The van der Waals surface area contributed by atoms with Crippen molar-refractivity contribution in [2.45, 2.75) is 38.6 Å². The molecule has 0 aliphatic carbocycles. The lowest BCUT2D eigenvalue weighted by Gasteiger charge is -2.40. The van der Waals surface area contributed by atoms with Crippen LogP contribution in [0.4, 0.5) is 0 Å². The van der Waals surface area contributed by atoms with Gasteiger partial charge in [-0.2, -0.15) is 0 Å². The predicted molar refractivity (Wildman–Crippen MR) is 113 cm³/mol. The molecule has 1 aromatic rings. The Labute approximate surface area is 178 Å². The first-order chi connectivity index (χ1) is 14.5. The SMILES string of the molecule is CCN1C(=O)CC[C@@H](C(=O)NCCN2CCCC2)[C@@H]1c1cccc(OC)c1.O=CO. The number of benzene rings is 1. The Bertz CT molecular complexity index is 706. The predicted octanol–water partition coefficient (Wildman–Crippen LogP) is 1.91. The van der Waals surface area contributed by atoms with E-state index in [0.717, 1.165) is 30.9 Å². The van der Waals surface area contributed by atoms with Crippen LogP contribution >= 0.6 is 0 Å². The highest BCUT2D eigenvalue weighted by molar-refractivity contribution is 5.85. The number of carbonyl (C=O) groups excluding carboxylic acids is 2. The summed E-state index contributed by atoms with van der Waals surface area (Å²) in [7, 11) is 1.63. The Hall–Kier alpha value is -2.61. The number of carboxylic acid groups (broad SMARTS) is 1. The lowest BCUT2D eigenvalue weighted by Crippen LogP contribution is -2.48. The van der Waals surface area contributed by atoms with Crippen LogP contribution in [0.1, 0.15) is 44.2 Å². The van der Waals surface area contributed by atoms with E-state index in [-0.39, 0.29) is 30.2 Å². The van der Waals surface area contributed by atoms with Crippen molar-refractivity contribution in [1.82, 2.24) is 15.1 Å². The minimum absolute atomic E-state index is 0.0490. The highest BCUT2D eigenvalue weighted by Gasteiger charge is 2.39. The quantitative estimate of drug-likeness (QED) is 0.655. The number of likely N-dealkylation sites (tertiary alicyclic amines) is 2. The van der Waals surface area contributed by atoms with E-state index in [1.165, 1.54) is 12.8 Å². The Balaban J connectivity index is 0.00000101. The number of ether oxygens (including phenoxy) is 1. The van der Waals surface area contributed by atoms with Crippen LogP contribution in [-0.4, -0.2) is 73.0 Å². The van der Waals surface area contributed by atoms with Gasteiger partial charge in [-0.15, -0.1) is 0 Å². The number of nitrogens with one attached hydrogen (secondary N) is 1. The number of rotatable bonds is 7. The second-order valence-corrected chi connectivity index (χ2v) is 7.49. The maximum absolute atomic E-state index is 13.0. The molecule has 0 saturated carbocycles. The first-order valence-corrected chi connectivity index (χ1v) is 10.6. The topological polar surface area (TPSA) is 99.2 Å². The molecule has 0 aromatic heterocycles. The van der Waals surface area contributed by atoms with E-state index in [2.05, 4.69) is 10.2 Å². The van der Waals surface area contributed by atoms with E-state index in [9.17, 15) is 9.59 Å². The van der Waals surface area contributed by atoms with Crippen molar-refractivity contribution in [1.29, 1.82) is 0 Å². The van der Waals surface area contributed by atoms with Crippen LogP contribution in [0.15, 0.2) is 24.3 Å². The van der Waals surface area contributed by atoms with Crippen molar-refractivity contribution in [2.75, 3.05) is 39.8 Å². The van der Waals surface area contributed by atoms with Crippen LogP contribution in [-0.2, 0) is 14.4 Å². The first kappa shape index (κ1) is 23.7. The molecule has 2 aliphatic rings. The van der Waals surface area contributed by atoms with Gasteiger partial charge in [0.2, 0.25) is 11.8 Å². The van der Waals surface area contributed by atoms with Gasteiger partial charge >= 0.3 is 0 Å². The highest BCUT2D eigenvalue weighted by Crippen LogP contribution is 2.37. The van der Waals surface area contributed by atoms with Gasteiger partial charge in [0.1, 0.15) is 5.75 Å². The molecule has 0 unspecified atom stereocenters. The number of hydrogen-bond donors (Lipinski definition) is 2. The highest BCUT2D eigenvalue weighted by atomic mass is 16.5. The van der Waals surface area contributed by atoms with Gasteiger partial charge in [-0.1, -0.05) is 12.1 Å². The van der Waals surface area contributed by atoms with Crippen molar-refractivity contribution >= 4 is 18.3 Å². The molecule has 166 valence electrons. The smallest absolute Gasteiger partial charge is 0.290 e. The minimum atomic E-state index is -0.250. The minimum Gasteiger partial charge on any atom is -0.497 e. The lowest BCUT2D eigenvalue weighted by atomic mass is 9.83. The third-order valence-corrected chi connectivity index (χ3v) is 5.75. The molecule has 8 nitrogen and oxygen atoms in total. The molecule has 2 heterocycles. The van der Waals surface area contributed by atoms with E-state index in [4.69, 9.17) is 14.6 Å². The van der Waals surface area contributed by atoms with Crippen LogP contribution in [0.2, 0.25) is 0 Å². The Morgan fingerprint density at radius 1 is 1.33 bits per heavy atom. The zero-order chi connectivity index (χ0) is 21.9. The van der Waals surface area contributed by atoms with Gasteiger partial charge in [-0.3, -0.25) is 14.4 Å². The van der Waals surface area contributed by atoms with E-state index in [0.29, 0.717) is 25.9 Å². The van der Waals surface area contributed by atoms with Gasteiger partial charge in [0.05, 0.1) is 19.1 Å². The summed E-state index contributed by atoms with van der Waals surface area (Å²) in [6, 6.07) is 7.49. The maximum Gasteiger partial charge on any atom is 0.290 e. The van der Waals surface area contributed by atoms with Crippen molar-refractivity contribution < 1.29 is 24.2 Å². The van der Waals surface area contributed by atoms with Gasteiger partial charge in [-0.05, 0) is 57.0 Å². The fourth-order valence-electron chi connectivity index (χ4n) is 4.31. The number of nitrogens with zero attached hydrogens (tertiary/aromatic N) is 2. The van der Waals surface area contributed by atoms with Crippen LogP contribution in [0.3, 0.4) is 0 Å². The fourth-order valence-corrected chi connectivity index (χ4v) is 4.31. The molecule has 2 N–H and O–H groups in total.